The molecule has 6 nitrogen and oxygen atoms in total. The van der Waals surface area contributed by atoms with E-state index in [1.165, 1.54) is 25.0 Å². The van der Waals surface area contributed by atoms with Crippen molar-refractivity contribution in [3.8, 4) is 0 Å². The molecule has 3 rings (SSSR count). The molecule has 26 heavy (non-hydrogen) atoms. The summed E-state index contributed by atoms with van der Waals surface area (Å²) in [7, 11) is 1.74. The van der Waals surface area contributed by atoms with Crippen molar-refractivity contribution in [2.24, 2.45) is 10.7 Å². The van der Waals surface area contributed by atoms with Gasteiger partial charge in [-0.1, -0.05) is 0 Å². The van der Waals surface area contributed by atoms with E-state index in [2.05, 4.69) is 19.7 Å². The van der Waals surface area contributed by atoms with Crippen LogP contribution in [0.5, 0.6) is 0 Å². The second-order valence-electron chi connectivity index (χ2n) is 6.95. The van der Waals surface area contributed by atoms with Crippen LogP contribution >= 0.6 is 0 Å². The van der Waals surface area contributed by atoms with Gasteiger partial charge in [-0.3, -0.25) is 9.89 Å². The Morgan fingerprint density at radius 3 is 2.50 bits per heavy atom. The molecule has 2 N–H and O–H groups in total. The van der Waals surface area contributed by atoms with Crippen LogP contribution in [0, 0.1) is 5.82 Å². The number of anilines is 1. The molecule has 0 spiro atoms. The zero-order valence-electron chi connectivity index (χ0n) is 15.6. The van der Waals surface area contributed by atoms with E-state index in [4.69, 9.17) is 10.5 Å². The fraction of sp³-hybridized carbons (Fsp3) is 0.632. The third kappa shape index (κ3) is 5.32. The fourth-order valence-electron chi connectivity index (χ4n) is 3.36. The van der Waals surface area contributed by atoms with Gasteiger partial charge in [0.2, 0.25) is 0 Å². The minimum atomic E-state index is -0.200. The van der Waals surface area contributed by atoms with Gasteiger partial charge in [-0.25, -0.2) is 4.39 Å². The Balaban J connectivity index is 1.43. The monoisotopic (exact) mass is 363 g/mol. The van der Waals surface area contributed by atoms with Crippen LogP contribution in [0.25, 0.3) is 0 Å². The van der Waals surface area contributed by atoms with Gasteiger partial charge in [0.05, 0.1) is 13.2 Å². The Kier molecular flexibility index (Phi) is 6.68. The smallest absolute Gasteiger partial charge is 0.191 e. The normalized spacial score (nSPS) is 18.7. The molecule has 1 aliphatic carbocycles. The second kappa shape index (κ2) is 9.19. The zero-order chi connectivity index (χ0) is 18.4. The van der Waals surface area contributed by atoms with Crippen LogP contribution in [-0.4, -0.2) is 81.3 Å². The summed E-state index contributed by atoms with van der Waals surface area (Å²) in [6.07, 6.45) is 2.57. The summed E-state index contributed by atoms with van der Waals surface area (Å²) in [5.74, 6) is 0.431. The molecule has 0 radical (unpaired) electrons. The minimum absolute atomic E-state index is 0.200. The molecular formula is C19H30FN5O. The van der Waals surface area contributed by atoms with Gasteiger partial charge in [0.1, 0.15) is 5.82 Å². The van der Waals surface area contributed by atoms with Crippen molar-refractivity contribution in [1.29, 1.82) is 0 Å². The van der Waals surface area contributed by atoms with Crippen molar-refractivity contribution >= 4 is 11.6 Å². The summed E-state index contributed by atoms with van der Waals surface area (Å²) in [6, 6.07) is 7.38. The van der Waals surface area contributed by atoms with Gasteiger partial charge in [0.15, 0.2) is 5.96 Å². The average molecular weight is 363 g/mol. The average Bonchev–Trinajstić information content (AvgIpc) is 3.50. The summed E-state index contributed by atoms with van der Waals surface area (Å²) in [5, 5.41) is 0. The van der Waals surface area contributed by atoms with Crippen molar-refractivity contribution in [3.63, 3.8) is 0 Å². The minimum Gasteiger partial charge on any atom is -0.383 e. The van der Waals surface area contributed by atoms with E-state index in [-0.39, 0.29) is 5.82 Å². The molecule has 0 bridgehead atoms. The SMILES string of the molecule is COCCN(CCN=C(N)N1CCN(c2ccc(F)cc2)CC1)C1CC1. The molecule has 0 atom stereocenters. The second-order valence-corrected chi connectivity index (χ2v) is 6.95. The number of guanidine groups is 1. The number of aliphatic imine (C=N–C) groups is 1. The van der Waals surface area contributed by atoms with Crippen LogP contribution in [0.1, 0.15) is 12.8 Å². The van der Waals surface area contributed by atoms with Gasteiger partial charge in [-0.2, -0.15) is 0 Å². The number of ether oxygens (including phenoxy) is 1. The van der Waals surface area contributed by atoms with Crippen LogP contribution < -0.4 is 10.6 Å². The van der Waals surface area contributed by atoms with Crippen molar-refractivity contribution in [3.05, 3.63) is 30.1 Å². The molecule has 2 fully saturated rings. The van der Waals surface area contributed by atoms with E-state index in [1.807, 2.05) is 12.1 Å². The lowest BCUT2D eigenvalue weighted by atomic mass is 10.2. The summed E-state index contributed by atoms with van der Waals surface area (Å²) >= 11 is 0. The van der Waals surface area contributed by atoms with Crippen LogP contribution in [0.3, 0.4) is 0 Å². The summed E-state index contributed by atoms with van der Waals surface area (Å²) in [6.45, 7) is 6.79. The highest BCUT2D eigenvalue weighted by atomic mass is 19.1. The number of piperazine rings is 1. The molecule has 1 aliphatic heterocycles. The van der Waals surface area contributed by atoms with Crippen molar-refractivity contribution in [2.75, 3.05) is 64.4 Å². The van der Waals surface area contributed by atoms with E-state index >= 15 is 0 Å². The number of hydrogen-bond acceptors (Lipinski definition) is 4. The van der Waals surface area contributed by atoms with E-state index in [0.29, 0.717) is 12.0 Å². The van der Waals surface area contributed by atoms with Crippen LogP contribution in [-0.2, 0) is 4.74 Å². The largest absolute Gasteiger partial charge is 0.383 e. The quantitative estimate of drug-likeness (QED) is 0.559. The van der Waals surface area contributed by atoms with Gasteiger partial charge < -0.3 is 20.3 Å². The third-order valence-electron chi connectivity index (χ3n) is 5.10. The molecule has 7 heteroatoms. The lowest BCUT2D eigenvalue weighted by molar-refractivity contribution is 0.145. The first kappa shape index (κ1) is 18.9. The van der Waals surface area contributed by atoms with E-state index in [0.717, 1.165) is 58.1 Å². The van der Waals surface area contributed by atoms with E-state index in [1.54, 1.807) is 7.11 Å². The summed E-state index contributed by atoms with van der Waals surface area (Å²) in [4.78, 5) is 11.4. The first-order valence-electron chi connectivity index (χ1n) is 9.46. The van der Waals surface area contributed by atoms with Gasteiger partial charge in [0.25, 0.3) is 0 Å². The summed E-state index contributed by atoms with van der Waals surface area (Å²) < 4.78 is 18.2. The van der Waals surface area contributed by atoms with Crippen LogP contribution in [0.4, 0.5) is 10.1 Å². The summed E-state index contributed by atoms with van der Waals surface area (Å²) in [5.41, 5.74) is 7.25. The fourth-order valence-corrected chi connectivity index (χ4v) is 3.36. The first-order chi connectivity index (χ1) is 12.7. The lowest BCUT2D eigenvalue weighted by Gasteiger charge is -2.36. The molecule has 1 saturated heterocycles. The predicted octanol–water partition coefficient (Wildman–Crippen LogP) is 1.37. The van der Waals surface area contributed by atoms with Gasteiger partial charge in [-0.05, 0) is 37.1 Å². The van der Waals surface area contributed by atoms with E-state index < -0.39 is 0 Å². The number of rotatable bonds is 8. The Morgan fingerprint density at radius 1 is 1.19 bits per heavy atom. The van der Waals surface area contributed by atoms with Crippen molar-refractivity contribution in [1.82, 2.24) is 9.80 Å². The van der Waals surface area contributed by atoms with Gasteiger partial charge in [-0.15, -0.1) is 0 Å². The zero-order valence-corrected chi connectivity index (χ0v) is 15.6. The van der Waals surface area contributed by atoms with Crippen LogP contribution in [0.2, 0.25) is 0 Å². The molecule has 0 aromatic heterocycles. The highest BCUT2D eigenvalue weighted by molar-refractivity contribution is 5.78. The number of benzene rings is 1. The standard InChI is InChI=1S/C19H30FN5O/c1-26-15-14-23(18-6-7-18)9-8-22-19(21)25-12-10-24(11-13-25)17-4-2-16(20)3-5-17/h2-5,18H,6-15H2,1H3,(H2,21,22). The molecule has 0 unspecified atom stereocenters. The number of nitrogens with zero attached hydrogens (tertiary/aromatic N) is 4. The topological polar surface area (TPSA) is 57.3 Å². The van der Waals surface area contributed by atoms with E-state index in [9.17, 15) is 4.39 Å². The molecule has 0 amide bonds. The number of methoxy groups -OCH3 is 1. The predicted molar refractivity (Wildman–Crippen MR) is 103 cm³/mol. The Bertz CT molecular complexity index is 582. The maximum absolute atomic E-state index is 13.0. The molecule has 1 aromatic rings. The van der Waals surface area contributed by atoms with Gasteiger partial charge in [0, 0.05) is 58.1 Å². The highest BCUT2D eigenvalue weighted by Crippen LogP contribution is 2.26. The molecule has 1 saturated carbocycles. The molecule has 144 valence electrons. The highest BCUT2D eigenvalue weighted by Gasteiger charge is 2.28. The Hall–Kier alpha value is -1.86. The van der Waals surface area contributed by atoms with Crippen molar-refractivity contribution < 1.29 is 9.13 Å². The first-order valence-corrected chi connectivity index (χ1v) is 9.46. The number of nitrogens with two attached hydrogens (primary N) is 1. The van der Waals surface area contributed by atoms with Crippen molar-refractivity contribution in [2.45, 2.75) is 18.9 Å². The molecule has 1 heterocycles. The Morgan fingerprint density at radius 2 is 1.88 bits per heavy atom. The maximum Gasteiger partial charge on any atom is 0.191 e. The number of halogens is 1. The number of hydrogen-bond donors (Lipinski definition) is 1. The maximum atomic E-state index is 13.0. The lowest BCUT2D eigenvalue weighted by Crippen LogP contribution is -2.51. The van der Waals surface area contributed by atoms with Crippen LogP contribution in [0.15, 0.2) is 29.3 Å². The molecule has 1 aromatic carbocycles. The molecular weight excluding hydrogens is 333 g/mol. The van der Waals surface area contributed by atoms with Gasteiger partial charge >= 0.3 is 0 Å². The Labute approximate surface area is 155 Å². The third-order valence-corrected chi connectivity index (χ3v) is 5.10. The molecule has 2 aliphatic rings.